The van der Waals surface area contributed by atoms with Crippen molar-refractivity contribution in [2.45, 2.75) is 50.0 Å². The van der Waals surface area contributed by atoms with Crippen molar-refractivity contribution >= 4 is 5.82 Å². The van der Waals surface area contributed by atoms with Crippen molar-refractivity contribution in [1.29, 1.82) is 0 Å². The van der Waals surface area contributed by atoms with E-state index in [0.717, 1.165) is 25.7 Å². The molecule has 5 rings (SSSR count). The van der Waals surface area contributed by atoms with Gasteiger partial charge in [-0.3, -0.25) is 0 Å². The number of anilines is 1. The molecule has 0 amide bonds. The number of hydrogen-bond donors (Lipinski definition) is 2. The molecule has 0 radical (unpaired) electrons. The predicted molar refractivity (Wildman–Crippen MR) is 110 cm³/mol. The van der Waals surface area contributed by atoms with Crippen LogP contribution in [-0.2, 0) is 0 Å². The molecule has 2 aliphatic rings. The highest BCUT2D eigenvalue weighted by Crippen LogP contribution is 2.33. The topological polar surface area (TPSA) is 92.0 Å². The number of hydrogen-bond acceptors (Lipinski definition) is 7. The number of nitrogens with zero attached hydrogens (tertiary/aromatic N) is 6. The van der Waals surface area contributed by atoms with Gasteiger partial charge in [-0.15, -0.1) is 10.2 Å². The smallest absolute Gasteiger partial charge is 0.151 e. The fraction of sp³-hybridized carbons (Fsp3) is 0.429. The molecule has 0 saturated carbocycles. The summed E-state index contributed by atoms with van der Waals surface area (Å²) in [5.41, 5.74) is 1.76. The van der Waals surface area contributed by atoms with Crippen LogP contribution in [0.5, 0.6) is 5.75 Å². The molecule has 2 aliphatic heterocycles. The summed E-state index contributed by atoms with van der Waals surface area (Å²) >= 11 is 0. The van der Waals surface area contributed by atoms with Crippen molar-refractivity contribution in [3.05, 3.63) is 42.7 Å². The number of halogens is 1. The van der Waals surface area contributed by atoms with E-state index in [4.69, 9.17) is 0 Å². The van der Waals surface area contributed by atoms with E-state index < -0.39 is 6.17 Å². The monoisotopic (exact) mass is 409 g/mol. The number of rotatable bonds is 4. The Balaban J connectivity index is 1.35. The van der Waals surface area contributed by atoms with E-state index in [2.05, 4.69) is 25.7 Å². The van der Waals surface area contributed by atoms with Gasteiger partial charge in [0.1, 0.15) is 11.9 Å². The van der Waals surface area contributed by atoms with Crippen LogP contribution < -0.4 is 10.2 Å². The molecule has 2 unspecified atom stereocenters. The van der Waals surface area contributed by atoms with E-state index in [1.807, 2.05) is 18.0 Å². The molecule has 30 heavy (non-hydrogen) atoms. The van der Waals surface area contributed by atoms with E-state index in [1.165, 1.54) is 4.80 Å². The van der Waals surface area contributed by atoms with Gasteiger partial charge in [-0.1, -0.05) is 6.42 Å². The first-order valence-electron chi connectivity index (χ1n) is 10.3. The summed E-state index contributed by atoms with van der Waals surface area (Å²) in [6.45, 7) is 0. The number of piperidine rings is 2. The number of aromatic nitrogens is 5. The van der Waals surface area contributed by atoms with E-state index in [-0.39, 0.29) is 17.8 Å². The average Bonchev–Trinajstić information content (AvgIpc) is 3.31. The van der Waals surface area contributed by atoms with Gasteiger partial charge in [-0.25, -0.2) is 4.39 Å². The first-order valence-corrected chi connectivity index (χ1v) is 10.3. The molecule has 0 aliphatic carbocycles. The molecule has 2 N–H and O–H groups in total. The minimum atomic E-state index is -0.930. The second-order valence-electron chi connectivity index (χ2n) is 8.06. The number of phenols is 1. The number of nitrogens with one attached hydrogen (secondary N) is 1. The Hall–Kier alpha value is -3.07. The van der Waals surface area contributed by atoms with Gasteiger partial charge < -0.3 is 15.3 Å². The van der Waals surface area contributed by atoms with Crippen molar-refractivity contribution in [1.82, 2.24) is 30.5 Å². The lowest BCUT2D eigenvalue weighted by Crippen LogP contribution is -2.61. The van der Waals surface area contributed by atoms with Crippen molar-refractivity contribution in [3.8, 4) is 22.7 Å². The predicted octanol–water partition coefficient (Wildman–Crippen LogP) is 2.49. The van der Waals surface area contributed by atoms with Crippen LogP contribution in [0.1, 0.15) is 25.7 Å². The van der Waals surface area contributed by atoms with Gasteiger partial charge >= 0.3 is 0 Å². The molecular formula is C21H24FN7O. The van der Waals surface area contributed by atoms with Crippen molar-refractivity contribution in [2.24, 2.45) is 0 Å². The normalized spacial score (nSPS) is 25.8. The lowest BCUT2D eigenvalue weighted by atomic mass is 9.82. The molecule has 2 saturated heterocycles. The van der Waals surface area contributed by atoms with Crippen LogP contribution in [0.4, 0.5) is 10.2 Å². The number of benzene rings is 1. The summed E-state index contributed by atoms with van der Waals surface area (Å²) in [4.78, 5) is 3.33. The zero-order valence-corrected chi connectivity index (χ0v) is 16.7. The minimum absolute atomic E-state index is 0.0650. The first-order chi connectivity index (χ1) is 14.6. The molecule has 0 spiro atoms. The Morgan fingerprint density at radius 3 is 2.70 bits per heavy atom. The summed E-state index contributed by atoms with van der Waals surface area (Å²) in [6, 6.07) is 8.86. The Morgan fingerprint density at radius 1 is 1.13 bits per heavy atom. The minimum Gasteiger partial charge on any atom is -0.507 e. The number of phenolic OH excluding ortho intramolecular Hbond substituents is 1. The lowest BCUT2D eigenvalue weighted by molar-refractivity contribution is 0.107. The SMILES string of the molecule is CN(c1ccc(-c2ccc(-n3nccn3)cc2O)nn1)[C@@H]1CC2CCCC(N2)[C@@H]1F. The van der Waals surface area contributed by atoms with Gasteiger partial charge in [0.25, 0.3) is 0 Å². The third kappa shape index (κ3) is 3.39. The van der Waals surface area contributed by atoms with Gasteiger partial charge in [0.2, 0.25) is 0 Å². The van der Waals surface area contributed by atoms with Crippen LogP contribution >= 0.6 is 0 Å². The molecule has 4 atom stereocenters. The molecule has 2 aromatic heterocycles. The quantitative estimate of drug-likeness (QED) is 0.684. The van der Waals surface area contributed by atoms with E-state index in [9.17, 15) is 5.11 Å². The highest BCUT2D eigenvalue weighted by Gasteiger charge is 2.41. The highest BCUT2D eigenvalue weighted by molar-refractivity contribution is 5.68. The largest absolute Gasteiger partial charge is 0.507 e. The molecule has 2 bridgehead atoms. The standard InChI is InChI=1S/C21H24FN7O/c1-28(18-11-13-3-2-4-17(25-13)21(18)22)20-8-7-16(26-27-20)15-6-5-14(12-19(15)30)29-23-9-10-24-29/h5-10,12-13,17-18,21,25,30H,2-4,11H2,1H3/t13?,17?,18-,21+/m1/s1. The summed E-state index contributed by atoms with van der Waals surface area (Å²) in [6.07, 6.45) is 6.05. The zero-order valence-electron chi connectivity index (χ0n) is 16.7. The van der Waals surface area contributed by atoms with Gasteiger partial charge in [-0.05, 0) is 43.5 Å². The third-order valence-electron chi connectivity index (χ3n) is 6.21. The third-order valence-corrected chi connectivity index (χ3v) is 6.21. The average molecular weight is 409 g/mol. The lowest BCUT2D eigenvalue weighted by Gasteiger charge is -2.46. The van der Waals surface area contributed by atoms with Gasteiger partial charge in [0.05, 0.1) is 29.8 Å². The maximum atomic E-state index is 15.0. The fourth-order valence-corrected chi connectivity index (χ4v) is 4.59. The van der Waals surface area contributed by atoms with E-state index in [1.54, 1.807) is 36.7 Å². The van der Waals surface area contributed by atoms with Gasteiger partial charge in [-0.2, -0.15) is 15.0 Å². The second kappa shape index (κ2) is 7.64. The van der Waals surface area contributed by atoms with Crippen LogP contribution in [-0.4, -0.2) is 61.6 Å². The molecule has 9 heteroatoms. The highest BCUT2D eigenvalue weighted by atomic mass is 19.1. The first kappa shape index (κ1) is 18.9. The Kier molecular flexibility index (Phi) is 4.82. The molecule has 4 heterocycles. The summed E-state index contributed by atoms with van der Waals surface area (Å²) < 4.78 is 15.0. The number of alkyl halides is 1. The van der Waals surface area contributed by atoms with E-state index in [0.29, 0.717) is 28.8 Å². The van der Waals surface area contributed by atoms with Gasteiger partial charge in [0.15, 0.2) is 5.82 Å². The molecule has 2 fully saturated rings. The second-order valence-corrected chi connectivity index (χ2v) is 8.06. The van der Waals surface area contributed by atoms with E-state index >= 15 is 4.39 Å². The maximum Gasteiger partial charge on any atom is 0.151 e. The van der Waals surface area contributed by atoms with Crippen LogP contribution in [0.2, 0.25) is 0 Å². The van der Waals surface area contributed by atoms with Gasteiger partial charge in [0, 0.05) is 30.8 Å². The molecule has 156 valence electrons. The number of fused-ring (bicyclic) bond motifs is 2. The van der Waals surface area contributed by atoms with Crippen molar-refractivity contribution in [2.75, 3.05) is 11.9 Å². The Bertz CT molecular complexity index is 1010. The summed E-state index contributed by atoms with van der Waals surface area (Å²) in [5.74, 6) is 0.693. The van der Waals surface area contributed by atoms with Crippen LogP contribution in [0.15, 0.2) is 42.7 Å². The number of aromatic hydroxyl groups is 1. The maximum absolute atomic E-state index is 15.0. The molecule has 3 aromatic rings. The Labute approximate surface area is 173 Å². The molecule has 1 aromatic carbocycles. The van der Waals surface area contributed by atoms with Crippen LogP contribution in [0.25, 0.3) is 16.9 Å². The molecule has 8 nitrogen and oxygen atoms in total. The summed E-state index contributed by atoms with van der Waals surface area (Å²) in [7, 11) is 1.88. The fourth-order valence-electron chi connectivity index (χ4n) is 4.59. The summed E-state index contributed by atoms with van der Waals surface area (Å²) in [5, 5.41) is 30.6. The molecular weight excluding hydrogens is 385 g/mol. The Morgan fingerprint density at radius 2 is 1.97 bits per heavy atom. The van der Waals surface area contributed by atoms with Crippen molar-refractivity contribution < 1.29 is 9.50 Å². The van der Waals surface area contributed by atoms with Crippen LogP contribution in [0.3, 0.4) is 0 Å². The zero-order chi connectivity index (χ0) is 20.7. The van der Waals surface area contributed by atoms with Crippen LogP contribution in [0, 0.1) is 0 Å². The van der Waals surface area contributed by atoms with Crippen molar-refractivity contribution in [3.63, 3.8) is 0 Å².